The molecule has 1 aliphatic heterocycles. The first-order valence-electron chi connectivity index (χ1n) is 7.11. The van der Waals surface area contributed by atoms with Gasteiger partial charge in [-0.1, -0.05) is 12.1 Å². The smallest absolute Gasteiger partial charge is 0.351 e. The monoisotopic (exact) mass is 322 g/mol. The molecule has 8 nitrogen and oxygen atoms in total. The number of carbonyl (C=O) groups is 3. The van der Waals surface area contributed by atoms with Crippen molar-refractivity contribution in [2.75, 3.05) is 13.2 Å². The minimum absolute atomic E-state index is 0.00863. The van der Waals surface area contributed by atoms with E-state index in [0.29, 0.717) is 11.5 Å². The molecule has 0 fully saturated rings. The molecule has 1 atom stereocenters. The third-order valence-electron chi connectivity index (χ3n) is 2.79. The Bertz CT molecular complexity index is 601. The van der Waals surface area contributed by atoms with Crippen molar-refractivity contribution in [1.29, 1.82) is 0 Å². The highest BCUT2D eigenvalue weighted by Crippen LogP contribution is 2.30. The van der Waals surface area contributed by atoms with Crippen LogP contribution in [0.2, 0.25) is 0 Å². The first-order chi connectivity index (χ1) is 11.0. The summed E-state index contributed by atoms with van der Waals surface area (Å²) in [6.07, 6.45) is -0.956. The van der Waals surface area contributed by atoms with E-state index in [0.717, 1.165) is 0 Å². The number of imide groups is 1. The van der Waals surface area contributed by atoms with Gasteiger partial charge in [-0.3, -0.25) is 10.1 Å². The van der Waals surface area contributed by atoms with E-state index in [9.17, 15) is 14.4 Å². The van der Waals surface area contributed by atoms with Crippen LogP contribution in [0.25, 0.3) is 0 Å². The third kappa shape index (κ3) is 4.87. The Hall–Kier alpha value is -2.77. The number of ether oxygens (including phenoxy) is 3. The van der Waals surface area contributed by atoms with E-state index in [-0.39, 0.29) is 12.6 Å². The molecule has 124 valence electrons. The molecule has 8 heteroatoms. The molecule has 2 N–H and O–H groups in total. The first-order valence-corrected chi connectivity index (χ1v) is 7.11. The van der Waals surface area contributed by atoms with Gasteiger partial charge in [0.25, 0.3) is 5.91 Å². The van der Waals surface area contributed by atoms with Crippen LogP contribution in [-0.4, -0.2) is 43.3 Å². The van der Waals surface area contributed by atoms with Gasteiger partial charge < -0.3 is 19.5 Å². The largest absolute Gasteiger partial charge is 0.485 e. The van der Waals surface area contributed by atoms with Gasteiger partial charge in [-0.25, -0.2) is 9.59 Å². The van der Waals surface area contributed by atoms with Gasteiger partial charge in [0.2, 0.25) is 6.10 Å². The maximum absolute atomic E-state index is 11.9. The number of carbonyl (C=O) groups excluding carboxylic acids is 3. The number of fused-ring (bicyclic) bond motifs is 1. The lowest BCUT2D eigenvalue weighted by Crippen LogP contribution is -2.45. The fourth-order valence-corrected chi connectivity index (χ4v) is 1.83. The Morgan fingerprint density at radius 2 is 1.96 bits per heavy atom. The zero-order valence-electron chi connectivity index (χ0n) is 12.8. The van der Waals surface area contributed by atoms with Crippen LogP contribution in [0.4, 0.5) is 4.79 Å². The fraction of sp³-hybridized carbons (Fsp3) is 0.400. The van der Waals surface area contributed by atoms with E-state index in [2.05, 4.69) is 5.32 Å². The number of amides is 3. The molecule has 0 aromatic heterocycles. The summed E-state index contributed by atoms with van der Waals surface area (Å²) in [7, 11) is 0. The van der Waals surface area contributed by atoms with Gasteiger partial charge in [0.05, 0.1) is 0 Å². The van der Waals surface area contributed by atoms with E-state index in [1.54, 1.807) is 38.1 Å². The summed E-state index contributed by atoms with van der Waals surface area (Å²) < 4.78 is 15.7. The van der Waals surface area contributed by atoms with Crippen molar-refractivity contribution < 1.29 is 28.6 Å². The fourth-order valence-electron chi connectivity index (χ4n) is 1.83. The predicted molar refractivity (Wildman–Crippen MR) is 79.1 cm³/mol. The molecule has 0 bridgehead atoms. The highest BCUT2D eigenvalue weighted by atomic mass is 16.6. The molecule has 1 heterocycles. The van der Waals surface area contributed by atoms with Crippen molar-refractivity contribution in [2.45, 2.75) is 26.0 Å². The Labute approximate surface area is 133 Å². The van der Waals surface area contributed by atoms with E-state index in [4.69, 9.17) is 14.2 Å². The Morgan fingerprint density at radius 1 is 1.26 bits per heavy atom. The molecule has 1 aromatic carbocycles. The first kappa shape index (κ1) is 16.6. The Morgan fingerprint density at radius 3 is 2.65 bits per heavy atom. The van der Waals surface area contributed by atoms with Crippen LogP contribution >= 0.6 is 0 Å². The molecule has 0 saturated carbocycles. The molecule has 0 radical (unpaired) electrons. The second kappa shape index (κ2) is 7.48. The molecule has 0 spiro atoms. The van der Waals surface area contributed by atoms with Crippen LogP contribution < -0.4 is 20.1 Å². The van der Waals surface area contributed by atoms with Gasteiger partial charge in [0.1, 0.15) is 6.61 Å². The van der Waals surface area contributed by atoms with Crippen molar-refractivity contribution in [3.63, 3.8) is 0 Å². The molecular weight excluding hydrogens is 304 g/mol. The van der Waals surface area contributed by atoms with Gasteiger partial charge in [-0.2, -0.15) is 0 Å². The summed E-state index contributed by atoms with van der Waals surface area (Å²) in [5.74, 6) is -0.492. The van der Waals surface area contributed by atoms with Crippen LogP contribution in [0, 0.1) is 0 Å². The average molecular weight is 322 g/mol. The predicted octanol–water partition coefficient (Wildman–Crippen LogP) is 0.604. The minimum Gasteiger partial charge on any atom is -0.485 e. The van der Waals surface area contributed by atoms with Gasteiger partial charge in [0.15, 0.2) is 18.1 Å². The maximum Gasteiger partial charge on any atom is 0.351 e. The standard InChI is InChI=1S/C15H18N2O6/c1-9(2)16-15(20)17-13(18)8-22-14(19)12-7-21-10-5-3-4-6-11(10)23-12/h3-6,9,12H,7-8H2,1-2H3,(H2,16,17,18,20)/t12-/m0/s1. The molecule has 2 rings (SSSR count). The zero-order valence-corrected chi connectivity index (χ0v) is 12.8. The number of esters is 1. The van der Waals surface area contributed by atoms with Crippen molar-refractivity contribution in [3.8, 4) is 11.5 Å². The average Bonchev–Trinajstić information content (AvgIpc) is 2.51. The third-order valence-corrected chi connectivity index (χ3v) is 2.79. The van der Waals surface area contributed by atoms with Crippen LogP contribution in [-0.2, 0) is 14.3 Å². The van der Waals surface area contributed by atoms with E-state index in [1.807, 2.05) is 5.32 Å². The second-order valence-electron chi connectivity index (χ2n) is 5.15. The number of hydrogen-bond donors (Lipinski definition) is 2. The summed E-state index contributed by atoms with van der Waals surface area (Å²) in [4.78, 5) is 34.7. The van der Waals surface area contributed by atoms with Gasteiger partial charge in [0, 0.05) is 6.04 Å². The van der Waals surface area contributed by atoms with Gasteiger partial charge in [-0.05, 0) is 26.0 Å². The van der Waals surface area contributed by atoms with Crippen molar-refractivity contribution in [3.05, 3.63) is 24.3 Å². The normalized spacial score (nSPS) is 15.7. The van der Waals surface area contributed by atoms with E-state index in [1.165, 1.54) is 0 Å². The summed E-state index contributed by atoms with van der Waals surface area (Å²) in [6.45, 7) is 2.92. The SMILES string of the molecule is CC(C)NC(=O)NC(=O)COC(=O)[C@@H]1COc2ccccc2O1. The Balaban J connectivity index is 1.77. The number of rotatable bonds is 4. The summed E-state index contributed by atoms with van der Waals surface area (Å²) in [6, 6.07) is 6.16. The topological polar surface area (TPSA) is 103 Å². The lowest BCUT2D eigenvalue weighted by molar-refractivity contribution is -0.157. The highest BCUT2D eigenvalue weighted by Gasteiger charge is 2.29. The summed E-state index contributed by atoms with van der Waals surface area (Å²) >= 11 is 0. The van der Waals surface area contributed by atoms with Crippen LogP contribution in [0.1, 0.15) is 13.8 Å². The number of benzene rings is 1. The lowest BCUT2D eigenvalue weighted by Gasteiger charge is -2.24. The van der Waals surface area contributed by atoms with Gasteiger partial charge >= 0.3 is 12.0 Å². The molecule has 1 aromatic rings. The maximum atomic E-state index is 11.9. The van der Waals surface area contributed by atoms with Crippen LogP contribution in [0.5, 0.6) is 11.5 Å². The highest BCUT2D eigenvalue weighted by molar-refractivity contribution is 5.95. The molecule has 23 heavy (non-hydrogen) atoms. The number of hydrogen-bond acceptors (Lipinski definition) is 6. The van der Waals surface area contributed by atoms with Crippen molar-refractivity contribution >= 4 is 17.9 Å². The quantitative estimate of drug-likeness (QED) is 0.787. The zero-order chi connectivity index (χ0) is 16.8. The second-order valence-corrected chi connectivity index (χ2v) is 5.15. The van der Waals surface area contributed by atoms with E-state index < -0.39 is 30.6 Å². The molecule has 0 saturated heterocycles. The van der Waals surface area contributed by atoms with Crippen molar-refractivity contribution in [1.82, 2.24) is 10.6 Å². The summed E-state index contributed by atoms with van der Waals surface area (Å²) in [5, 5.41) is 4.53. The van der Waals surface area contributed by atoms with E-state index >= 15 is 0 Å². The van der Waals surface area contributed by atoms with Gasteiger partial charge in [-0.15, -0.1) is 0 Å². The Kier molecular flexibility index (Phi) is 5.40. The molecule has 0 aliphatic carbocycles. The van der Waals surface area contributed by atoms with Crippen molar-refractivity contribution in [2.24, 2.45) is 0 Å². The lowest BCUT2D eigenvalue weighted by atomic mass is 10.2. The van der Waals surface area contributed by atoms with Crippen LogP contribution in [0.15, 0.2) is 24.3 Å². The molecule has 3 amide bonds. The number of para-hydroxylation sites is 2. The minimum atomic E-state index is -0.956. The molecular formula is C15H18N2O6. The number of urea groups is 1. The molecule has 0 unspecified atom stereocenters. The summed E-state index contributed by atoms with van der Waals surface area (Å²) in [5.41, 5.74) is 0. The molecule has 1 aliphatic rings. The number of nitrogens with one attached hydrogen (secondary N) is 2. The van der Waals surface area contributed by atoms with Crippen LogP contribution in [0.3, 0.4) is 0 Å².